The molecular weight excluding hydrogens is 495 g/mol. The number of halogens is 1. The number of hydrogen-bond donors (Lipinski definition) is 0. The first-order valence-corrected chi connectivity index (χ1v) is 12.8. The molecule has 0 N–H and O–H groups in total. The number of carbonyl (C=O) groups is 1. The van der Waals surface area contributed by atoms with Crippen LogP contribution >= 0.6 is 0 Å². The van der Waals surface area contributed by atoms with E-state index in [4.69, 9.17) is 28.4 Å². The summed E-state index contributed by atoms with van der Waals surface area (Å²) in [6.45, 7) is 5.38. The van der Waals surface area contributed by atoms with E-state index in [1.807, 2.05) is 25.2 Å². The number of rotatable bonds is 15. The Labute approximate surface area is 223 Å². The lowest BCUT2D eigenvalue weighted by Crippen LogP contribution is -2.33. The van der Waals surface area contributed by atoms with E-state index in [0.29, 0.717) is 69.9 Å². The first-order valence-electron chi connectivity index (χ1n) is 12.8. The third-order valence-electron chi connectivity index (χ3n) is 5.81. The molecule has 0 atom stereocenters. The lowest BCUT2D eigenvalue weighted by molar-refractivity contribution is 0.0179. The van der Waals surface area contributed by atoms with Gasteiger partial charge < -0.3 is 28.4 Å². The summed E-state index contributed by atoms with van der Waals surface area (Å²) < 4.78 is 47.1. The highest BCUT2D eigenvalue weighted by atomic mass is 19.1. The Morgan fingerprint density at radius 2 is 1.76 bits per heavy atom. The van der Waals surface area contributed by atoms with Crippen LogP contribution in [0.25, 0.3) is 0 Å². The number of benzene rings is 1. The van der Waals surface area contributed by atoms with E-state index in [0.717, 1.165) is 24.1 Å². The van der Waals surface area contributed by atoms with E-state index in [9.17, 15) is 9.18 Å². The Balaban J connectivity index is 1.56. The van der Waals surface area contributed by atoms with Gasteiger partial charge in [-0.05, 0) is 56.0 Å². The molecule has 0 spiro atoms. The first-order chi connectivity index (χ1) is 18.6. The van der Waals surface area contributed by atoms with Gasteiger partial charge in [0.1, 0.15) is 18.2 Å². The number of allylic oxidation sites excluding steroid dienone is 4. The van der Waals surface area contributed by atoms with Gasteiger partial charge in [0.25, 0.3) is 5.91 Å². The Morgan fingerprint density at radius 1 is 1.00 bits per heavy atom. The minimum absolute atomic E-state index is 0.0539. The zero-order chi connectivity index (χ0) is 27.2. The summed E-state index contributed by atoms with van der Waals surface area (Å²) in [5, 5.41) is 5.90. The van der Waals surface area contributed by atoms with Gasteiger partial charge in [0.2, 0.25) is 0 Å². The van der Waals surface area contributed by atoms with Crippen LogP contribution in [-0.4, -0.2) is 83.6 Å². The number of nitrogens with zero attached hydrogens (tertiary/aromatic N) is 2. The lowest BCUT2D eigenvalue weighted by Gasteiger charge is -2.24. The summed E-state index contributed by atoms with van der Waals surface area (Å²) in [5.41, 5.74) is 1.69. The van der Waals surface area contributed by atoms with Crippen LogP contribution in [0.2, 0.25) is 0 Å². The normalized spacial score (nSPS) is 15.6. The second-order valence-electron chi connectivity index (χ2n) is 8.42. The van der Waals surface area contributed by atoms with Crippen LogP contribution in [0.3, 0.4) is 0 Å². The zero-order valence-electron chi connectivity index (χ0n) is 22.4. The molecule has 1 aromatic carbocycles. The molecule has 0 radical (unpaired) electrons. The average Bonchev–Trinajstić information content (AvgIpc) is 3.14. The van der Waals surface area contributed by atoms with Gasteiger partial charge in [-0.25, -0.2) is 9.40 Å². The predicted molar refractivity (Wildman–Crippen MR) is 141 cm³/mol. The Hall–Kier alpha value is -3.21. The van der Waals surface area contributed by atoms with Crippen LogP contribution < -0.4 is 4.74 Å². The standard InChI is InChI=1S/C28H37FN2O7/c1-4-37-27-12-8-21(7-11-26(27)34-3)25-6-5-13-31(30-25)28(32)23-10-9-22(20-24(23)29)38-19-18-36-17-16-35-15-14-33-2/h7,9-12,20H,4-6,8,13-19H2,1-3H3. The van der Waals surface area contributed by atoms with Crippen molar-refractivity contribution in [3.05, 3.63) is 64.9 Å². The molecule has 38 heavy (non-hydrogen) atoms. The van der Waals surface area contributed by atoms with E-state index in [-0.39, 0.29) is 12.2 Å². The number of hydrazone groups is 1. The van der Waals surface area contributed by atoms with Crippen LogP contribution in [0.5, 0.6) is 5.75 Å². The molecule has 0 saturated heterocycles. The van der Waals surface area contributed by atoms with E-state index in [1.165, 1.54) is 17.1 Å². The van der Waals surface area contributed by atoms with Gasteiger partial charge in [0.05, 0.1) is 58.0 Å². The second kappa shape index (κ2) is 15.9. The molecule has 0 saturated carbocycles. The number of methoxy groups -OCH3 is 2. The van der Waals surface area contributed by atoms with Crippen LogP contribution in [-0.2, 0) is 23.7 Å². The number of carbonyl (C=O) groups excluding carboxylic acids is 1. The maximum atomic E-state index is 14.8. The topological polar surface area (TPSA) is 88.1 Å². The molecule has 3 rings (SSSR count). The highest BCUT2D eigenvalue weighted by molar-refractivity contribution is 6.03. The third-order valence-corrected chi connectivity index (χ3v) is 5.81. The highest BCUT2D eigenvalue weighted by Crippen LogP contribution is 2.25. The molecule has 0 aromatic heterocycles. The maximum absolute atomic E-state index is 14.8. The number of ether oxygens (including phenoxy) is 6. The molecule has 1 aliphatic carbocycles. The molecular formula is C28H37FN2O7. The Morgan fingerprint density at radius 3 is 2.47 bits per heavy atom. The van der Waals surface area contributed by atoms with Crippen LogP contribution in [0, 0.1) is 5.82 Å². The minimum atomic E-state index is -0.659. The molecule has 1 heterocycles. The van der Waals surface area contributed by atoms with Crippen molar-refractivity contribution in [2.45, 2.75) is 26.2 Å². The number of amides is 1. The fraction of sp³-hybridized carbons (Fsp3) is 0.500. The van der Waals surface area contributed by atoms with Gasteiger partial charge in [-0.1, -0.05) is 6.08 Å². The molecule has 1 amide bonds. The largest absolute Gasteiger partial charge is 0.493 e. The monoisotopic (exact) mass is 532 g/mol. The molecule has 2 aliphatic rings. The SMILES string of the molecule is CCOC1=CCC(C2=NN(C(=O)c3ccc(OCCOCCOCCOC)cc3F)CCC2)=CC=C1OC. The summed E-state index contributed by atoms with van der Waals surface area (Å²) in [6, 6.07) is 4.21. The highest BCUT2D eigenvalue weighted by Gasteiger charge is 2.24. The summed E-state index contributed by atoms with van der Waals surface area (Å²) in [6.07, 6.45) is 7.75. The average molecular weight is 533 g/mol. The summed E-state index contributed by atoms with van der Waals surface area (Å²) in [5.74, 6) is 0.481. The smallest absolute Gasteiger partial charge is 0.276 e. The van der Waals surface area contributed by atoms with Crippen molar-refractivity contribution < 1.29 is 37.6 Å². The summed E-state index contributed by atoms with van der Waals surface area (Å²) in [7, 11) is 3.21. The van der Waals surface area contributed by atoms with Crippen molar-refractivity contribution in [1.29, 1.82) is 0 Å². The summed E-state index contributed by atoms with van der Waals surface area (Å²) >= 11 is 0. The van der Waals surface area contributed by atoms with Gasteiger partial charge in [-0.2, -0.15) is 5.10 Å². The van der Waals surface area contributed by atoms with Gasteiger partial charge in [-0.3, -0.25) is 4.79 Å². The van der Waals surface area contributed by atoms with Gasteiger partial charge >= 0.3 is 0 Å². The Kier molecular flexibility index (Phi) is 12.3. The van der Waals surface area contributed by atoms with Gasteiger partial charge in [0.15, 0.2) is 11.5 Å². The second-order valence-corrected chi connectivity index (χ2v) is 8.42. The molecule has 208 valence electrons. The fourth-order valence-electron chi connectivity index (χ4n) is 3.89. The molecule has 1 aliphatic heterocycles. The quantitative estimate of drug-likeness (QED) is 0.312. The first kappa shape index (κ1) is 29.3. The maximum Gasteiger partial charge on any atom is 0.276 e. The van der Waals surface area contributed by atoms with Crippen molar-refractivity contribution in [2.75, 3.05) is 67.0 Å². The van der Waals surface area contributed by atoms with Crippen LogP contribution in [0.4, 0.5) is 4.39 Å². The van der Waals surface area contributed by atoms with Crippen molar-refractivity contribution in [3.63, 3.8) is 0 Å². The van der Waals surface area contributed by atoms with Crippen LogP contribution in [0.1, 0.15) is 36.5 Å². The van der Waals surface area contributed by atoms with E-state index < -0.39 is 11.7 Å². The lowest BCUT2D eigenvalue weighted by atomic mass is 10.0. The molecule has 0 fully saturated rings. The van der Waals surface area contributed by atoms with Crippen molar-refractivity contribution in [3.8, 4) is 5.75 Å². The molecule has 10 heteroatoms. The van der Waals surface area contributed by atoms with Gasteiger partial charge in [0, 0.05) is 19.7 Å². The molecule has 0 unspecified atom stereocenters. The third kappa shape index (κ3) is 8.68. The van der Waals surface area contributed by atoms with Crippen molar-refractivity contribution in [1.82, 2.24) is 5.01 Å². The zero-order valence-corrected chi connectivity index (χ0v) is 22.4. The number of hydrogen-bond acceptors (Lipinski definition) is 8. The van der Waals surface area contributed by atoms with Crippen molar-refractivity contribution >= 4 is 11.6 Å². The fourth-order valence-corrected chi connectivity index (χ4v) is 3.89. The molecule has 9 nitrogen and oxygen atoms in total. The van der Waals surface area contributed by atoms with Crippen molar-refractivity contribution in [2.24, 2.45) is 5.10 Å². The minimum Gasteiger partial charge on any atom is -0.493 e. The van der Waals surface area contributed by atoms with Crippen LogP contribution in [0.15, 0.2) is 58.6 Å². The van der Waals surface area contributed by atoms with E-state index in [1.54, 1.807) is 20.3 Å². The Bertz CT molecular complexity index is 1050. The summed E-state index contributed by atoms with van der Waals surface area (Å²) in [4.78, 5) is 13.1. The van der Waals surface area contributed by atoms with E-state index >= 15 is 0 Å². The molecule has 1 aromatic rings. The van der Waals surface area contributed by atoms with Gasteiger partial charge in [-0.15, -0.1) is 0 Å². The van der Waals surface area contributed by atoms with E-state index in [2.05, 4.69) is 5.10 Å². The molecule has 0 bridgehead atoms. The predicted octanol–water partition coefficient (Wildman–Crippen LogP) is 4.26.